The van der Waals surface area contributed by atoms with Gasteiger partial charge in [-0.15, -0.1) is 0 Å². The number of amides is 1. The minimum Gasteiger partial charge on any atom is -0.381 e. The molecule has 2 rings (SSSR count). The van der Waals surface area contributed by atoms with Crippen molar-refractivity contribution >= 4 is 5.91 Å². The van der Waals surface area contributed by atoms with Crippen molar-refractivity contribution in [3.63, 3.8) is 0 Å². The SMILES string of the molecule is CN(CCc1ccncc1)C(=O)C1CCOCC1. The van der Waals surface area contributed by atoms with E-state index in [9.17, 15) is 4.79 Å². The Labute approximate surface area is 108 Å². The molecule has 1 saturated heterocycles. The Morgan fingerprint density at radius 2 is 2.06 bits per heavy atom. The van der Waals surface area contributed by atoms with Gasteiger partial charge in [-0.1, -0.05) is 0 Å². The molecular weight excluding hydrogens is 228 g/mol. The van der Waals surface area contributed by atoms with Gasteiger partial charge in [-0.05, 0) is 37.0 Å². The van der Waals surface area contributed by atoms with Crippen molar-refractivity contribution in [1.29, 1.82) is 0 Å². The van der Waals surface area contributed by atoms with Crippen LogP contribution in [0.15, 0.2) is 24.5 Å². The summed E-state index contributed by atoms with van der Waals surface area (Å²) in [6, 6.07) is 3.99. The number of carbonyl (C=O) groups is 1. The van der Waals surface area contributed by atoms with Crippen molar-refractivity contribution in [3.05, 3.63) is 30.1 Å². The van der Waals surface area contributed by atoms with Crippen LogP contribution in [0.3, 0.4) is 0 Å². The molecule has 1 aromatic rings. The largest absolute Gasteiger partial charge is 0.381 e. The zero-order valence-corrected chi connectivity index (χ0v) is 10.8. The van der Waals surface area contributed by atoms with Gasteiger partial charge in [0.15, 0.2) is 0 Å². The Kier molecular flexibility index (Phi) is 4.70. The number of nitrogens with zero attached hydrogens (tertiary/aromatic N) is 2. The zero-order valence-electron chi connectivity index (χ0n) is 10.8. The summed E-state index contributed by atoms with van der Waals surface area (Å²) in [7, 11) is 1.89. The van der Waals surface area contributed by atoms with Crippen LogP contribution in [-0.2, 0) is 16.0 Å². The number of hydrogen-bond acceptors (Lipinski definition) is 3. The normalized spacial score (nSPS) is 16.5. The summed E-state index contributed by atoms with van der Waals surface area (Å²) in [5, 5.41) is 0. The second kappa shape index (κ2) is 6.50. The van der Waals surface area contributed by atoms with E-state index in [1.807, 2.05) is 24.1 Å². The Hall–Kier alpha value is -1.42. The number of ether oxygens (including phenoxy) is 1. The van der Waals surface area contributed by atoms with Crippen molar-refractivity contribution in [1.82, 2.24) is 9.88 Å². The Morgan fingerprint density at radius 1 is 1.39 bits per heavy atom. The van der Waals surface area contributed by atoms with E-state index in [-0.39, 0.29) is 11.8 Å². The third-order valence-corrected chi connectivity index (χ3v) is 3.43. The van der Waals surface area contributed by atoms with Crippen LogP contribution >= 0.6 is 0 Å². The van der Waals surface area contributed by atoms with Crippen LogP contribution < -0.4 is 0 Å². The molecule has 0 unspecified atom stereocenters. The molecule has 0 N–H and O–H groups in total. The monoisotopic (exact) mass is 248 g/mol. The van der Waals surface area contributed by atoms with Crippen LogP contribution in [0.1, 0.15) is 18.4 Å². The number of rotatable bonds is 4. The Bertz CT molecular complexity index is 375. The fraction of sp³-hybridized carbons (Fsp3) is 0.571. The predicted octanol–water partition coefficient (Wildman–Crippen LogP) is 1.51. The van der Waals surface area contributed by atoms with Gasteiger partial charge in [0.1, 0.15) is 0 Å². The molecule has 0 atom stereocenters. The molecule has 0 spiro atoms. The molecule has 0 aliphatic carbocycles. The van der Waals surface area contributed by atoms with E-state index in [0.717, 1.165) is 25.8 Å². The van der Waals surface area contributed by atoms with Gasteiger partial charge in [0.25, 0.3) is 0 Å². The summed E-state index contributed by atoms with van der Waals surface area (Å²) in [6.45, 7) is 2.20. The standard InChI is InChI=1S/C14H20N2O2/c1-16(9-4-12-2-7-15-8-3-12)14(17)13-5-10-18-11-6-13/h2-3,7-8,13H,4-6,9-11H2,1H3. The summed E-state index contributed by atoms with van der Waals surface area (Å²) in [5.41, 5.74) is 1.22. The van der Waals surface area contributed by atoms with Gasteiger partial charge < -0.3 is 9.64 Å². The molecule has 18 heavy (non-hydrogen) atoms. The average molecular weight is 248 g/mol. The van der Waals surface area contributed by atoms with Crippen molar-refractivity contribution in [2.75, 3.05) is 26.8 Å². The maximum absolute atomic E-state index is 12.2. The quantitative estimate of drug-likeness (QED) is 0.811. The van der Waals surface area contributed by atoms with E-state index in [0.29, 0.717) is 13.2 Å². The average Bonchev–Trinajstić information content (AvgIpc) is 2.46. The van der Waals surface area contributed by atoms with Crippen LogP contribution in [-0.4, -0.2) is 42.6 Å². The van der Waals surface area contributed by atoms with Gasteiger partial charge in [0, 0.05) is 45.1 Å². The highest BCUT2D eigenvalue weighted by atomic mass is 16.5. The lowest BCUT2D eigenvalue weighted by molar-refractivity contribution is -0.137. The second-order valence-corrected chi connectivity index (χ2v) is 4.75. The summed E-state index contributed by atoms with van der Waals surface area (Å²) >= 11 is 0. The molecule has 4 nitrogen and oxygen atoms in total. The van der Waals surface area contributed by atoms with Crippen LogP contribution in [0.2, 0.25) is 0 Å². The first-order valence-electron chi connectivity index (χ1n) is 6.49. The van der Waals surface area contributed by atoms with Gasteiger partial charge in [0.05, 0.1) is 0 Å². The first-order chi connectivity index (χ1) is 8.77. The maximum Gasteiger partial charge on any atom is 0.225 e. The third kappa shape index (κ3) is 3.53. The summed E-state index contributed by atoms with van der Waals surface area (Å²) in [6.07, 6.45) is 6.18. The smallest absolute Gasteiger partial charge is 0.225 e. The first-order valence-corrected chi connectivity index (χ1v) is 6.49. The fourth-order valence-electron chi connectivity index (χ4n) is 2.21. The fourth-order valence-corrected chi connectivity index (χ4v) is 2.21. The first kappa shape index (κ1) is 13.0. The molecule has 2 heterocycles. The molecule has 1 aromatic heterocycles. The number of likely N-dealkylation sites (N-methyl/N-ethyl adjacent to an activating group) is 1. The maximum atomic E-state index is 12.2. The minimum atomic E-state index is 0.154. The van der Waals surface area contributed by atoms with E-state index in [4.69, 9.17) is 4.74 Å². The number of pyridine rings is 1. The van der Waals surface area contributed by atoms with Crippen LogP contribution in [0.5, 0.6) is 0 Å². The Balaban J connectivity index is 1.80. The second-order valence-electron chi connectivity index (χ2n) is 4.75. The molecule has 0 radical (unpaired) electrons. The summed E-state index contributed by atoms with van der Waals surface area (Å²) < 4.78 is 5.28. The van der Waals surface area contributed by atoms with E-state index >= 15 is 0 Å². The van der Waals surface area contributed by atoms with Gasteiger partial charge in [-0.3, -0.25) is 9.78 Å². The molecule has 98 valence electrons. The highest BCUT2D eigenvalue weighted by molar-refractivity contribution is 5.78. The minimum absolute atomic E-state index is 0.154. The molecule has 0 aromatic carbocycles. The number of carbonyl (C=O) groups excluding carboxylic acids is 1. The molecular formula is C14H20N2O2. The highest BCUT2D eigenvalue weighted by Gasteiger charge is 2.24. The van der Waals surface area contributed by atoms with Crippen molar-refractivity contribution in [2.24, 2.45) is 5.92 Å². The molecule has 1 fully saturated rings. The molecule has 0 saturated carbocycles. The van der Waals surface area contributed by atoms with E-state index in [2.05, 4.69) is 4.98 Å². The number of hydrogen-bond donors (Lipinski definition) is 0. The van der Waals surface area contributed by atoms with E-state index < -0.39 is 0 Å². The van der Waals surface area contributed by atoms with Crippen LogP contribution in [0.25, 0.3) is 0 Å². The van der Waals surface area contributed by atoms with Crippen molar-refractivity contribution in [3.8, 4) is 0 Å². The predicted molar refractivity (Wildman–Crippen MR) is 69.1 cm³/mol. The lowest BCUT2D eigenvalue weighted by Crippen LogP contribution is -2.37. The van der Waals surface area contributed by atoms with Crippen LogP contribution in [0, 0.1) is 5.92 Å². The summed E-state index contributed by atoms with van der Waals surface area (Å²) in [5.74, 6) is 0.411. The van der Waals surface area contributed by atoms with E-state index in [1.54, 1.807) is 12.4 Å². The van der Waals surface area contributed by atoms with Gasteiger partial charge in [-0.2, -0.15) is 0 Å². The molecule has 1 aliphatic heterocycles. The van der Waals surface area contributed by atoms with Gasteiger partial charge in [-0.25, -0.2) is 0 Å². The zero-order chi connectivity index (χ0) is 12.8. The highest BCUT2D eigenvalue weighted by Crippen LogP contribution is 2.17. The molecule has 1 amide bonds. The van der Waals surface area contributed by atoms with Gasteiger partial charge >= 0.3 is 0 Å². The van der Waals surface area contributed by atoms with Crippen molar-refractivity contribution < 1.29 is 9.53 Å². The van der Waals surface area contributed by atoms with Crippen molar-refractivity contribution in [2.45, 2.75) is 19.3 Å². The van der Waals surface area contributed by atoms with Gasteiger partial charge in [0.2, 0.25) is 5.91 Å². The Morgan fingerprint density at radius 3 is 2.72 bits per heavy atom. The lowest BCUT2D eigenvalue weighted by atomic mass is 9.98. The lowest BCUT2D eigenvalue weighted by Gasteiger charge is -2.26. The third-order valence-electron chi connectivity index (χ3n) is 3.43. The molecule has 4 heteroatoms. The van der Waals surface area contributed by atoms with E-state index in [1.165, 1.54) is 5.56 Å². The molecule has 0 bridgehead atoms. The van der Waals surface area contributed by atoms with Crippen LogP contribution in [0.4, 0.5) is 0 Å². The molecule has 1 aliphatic rings. The topological polar surface area (TPSA) is 42.4 Å². The summed E-state index contributed by atoms with van der Waals surface area (Å²) in [4.78, 5) is 18.0. The number of aromatic nitrogens is 1.